The third-order valence-electron chi connectivity index (χ3n) is 4.81. The molecule has 1 N–H and O–H groups in total. The number of aryl methyl sites for hydroxylation is 3. The van der Waals surface area contributed by atoms with E-state index in [1.54, 1.807) is 39.0 Å². The lowest BCUT2D eigenvalue weighted by Crippen LogP contribution is -2.41. The number of carbonyl (C=O) groups excluding carboxylic acids is 3. The fourth-order valence-electron chi connectivity index (χ4n) is 3.42. The maximum atomic E-state index is 13.0. The van der Waals surface area contributed by atoms with Crippen molar-refractivity contribution in [3.05, 3.63) is 52.5 Å². The van der Waals surface area contributed by atoms with E-state index in [0.29, 0.717) is 28.4 Å². The Hall–Kier alpha value is -3.09. The molecule has 3 amide bonds. The van der Waals surface area contributed by atoms with Crippen LogP contribution >= 0.6 is 0 Å². The molecule has 1 atom stereocenters. The number of imide groups is 1. The number of furan rings is 1. The van der Waals surface area contributed by atoms with Crippen molar-refractivity contribution in [3.63, 3.8) is 0 Å². The van der Waals surface area contributed by atoms with Crippen LogP contribution in [0.2, 0.25) is 0 Å². The van der Waals surface area contributed by atoms with Crippen LogP contribution in [0.15, 0.2) is 28.7 Å². The molecule has 0 aliphatic carbocycles. The van der Waals surface area contributed by atoms with E-state index >= 15 is 0 Å². The predicted molar refractivity (Wildman–Crippen MR) is 97.8 cm³/mol. The second kappa shape index (κ2) is 6.57. The van der Waals surface area contributed by atoms with Gasteiger partial charge in [0.25, 0.3) is 5.91 Å². The first-order valence-electron chi connectivity index (χ1n) is 8.57. The van der Waals surface area contributed by atoms with Crippen molar-refractivity contribution >= 4 is 17.7 Å². The highest BCUT2D eigenvalue weighted by Gasteiger charge is 2.51. The zero-order valence-corrected chi connectivity index (χ0v) is 16.0. The van der Waals surface area contributed by atoms with Crippen LogP contribution in [0.25, 0.3) is 0 Å². The first-order chi connectivity index (χ1) is 12.7. The monoisotopic (exact) mass is 370 g/mol. The van der Waals surface area contributed by atoms with Gasteiger partial charge in [-0.25, -0.2) is 4.79 Å². The summed E-state index contributed by atoms with van der Waals surface area (Å²) in [5.41, 5.74) is 0.532. The molecule has 0 bridgehead atoms. The molecule has 3 rings (SSSR count). The summed E-state index contributed by atoms with van der Waals surface area (Å²) in [6.07, 6.45) is 0. The van der Waals surface area contributed by atoms with E-state index in [-0.39, 0.29) is 12.3 Å². The Kier molecular flexibility index (Phi) is 4.55. The molecule has 7 nitrogen and oxygen atoms in total. The average molecular weight is 370 g/mol. The van der Waals surface area contributed by atoms with Gasteiger partial charge in [-0.15, -0.1) is 0 Å². The number of nitrogens with zero attached hydrogens (tertiary/aromatic N) is 1. The van der Waals surface area contributed by atoms with E-state index in [4.69, 9.17) is 9.15 Å². The Bertz CT molecular complexity index is 946. The molecular formula is C20H22N2O5. The van der Waals surface area contributed by atoms with Gasteiger partial charge in [0.1, 0.15) is 22.8 Å². The standard InChI is InChI=1S/C20H22N2O5/c1-11-6-7-17(26-5)14(8-11)16(23)10-22-18(24)20(4,21-19(22)25)15-9-12(2)27-13(15)3/h6-9H,10H2,1-5H3,(H,21,25). The van der Waals surface area contributed by atoms with E-state index in [1.165, 1.54) is 7.11 Å². The smallest absolute Gasteiger partial charge is 0.325 e. The molecule has 1 unspecified atom stereocenters. The maximum absolute atomic E-state index is 13.0. The third kappa shape index (κ3) is 3.09. The summed E-state index contributed by atoms with van der Waals surface area (Å²) in [5.74, 6) is 0.739. The third-order valence-corrected chi connectivity index (χ3v) is 4.81. The van der Waals surface area contributed by atoms with Crippen LogP contribution in [0.1, 0.15) is 39.9 Å². The molecule has 1 saturated heterocycles. The van der Waals surface area contributed by atoms with Gasteiger partial charge in [-0.2, -0.15) is 0 Å². The van der Waals surface area contributed by atoms with Crippen LogP contribution in [-0.2, 0) is 10.3 Å². The van der Waals surface area contributed by atoms with E-state index < -0.39 is 17.5 Å². The van der Waals surface area contributed by atoms with Gasteiger partial charge in [0.05, 0.1) is 19.2 Å². The highest BCUT2D eigenvalue weighted by Crippen LogP contribution is 2.33. The number of methoxy groups -OCH3 is 1. The van der Waals surface area contributed by atoms with E-state index in [0.717, 1.165) is 10.5 Å². The van der Waals surface area contributed by atoms with Gasteiger partial charge in [0.2, 0.25) is 0 Å². The van der Waals surface area contributed by atoms with Crippen molar-refractivity contribution in [1.82, 2.24) is 10.2 Å². The fraction of sp³-hybridized carbons (Fsp3) is 0.350. The van der Waals surface area contributed by atoms with Crippen molar-refractivity contribution in [1.29, 1.82) is 0 Å². The number of amides is 3. The summed E-state index contributed by atoms with van der Waals surface area (Å²) in [7, 11) is 1.47. The predicted octanol–water partition coefficient (Wildman–Crippen LogP) is 2.86. The molecule has 1 fully saturated rings. The van der Waals surface area contributed by atoms with Gasteiger partial charge in [-0.3, -0.25) is 14.5 Å². The van der Waals surface area contributed by atoms with Gasteiger partial charge in [0.15, 0.2) is 5.78 Å². The Morgan fingerprint density at radius 1 is 1.22 bits per heavy atom. The van der Waals surface area contributed by atoms with E-state index in [2.05, 4.69) is 5.32 Å². The van der Waals surface area contributed by atoms with Crippen LogP contribution in [0.3, 0.4) is 0 Å². The number of rotatable bonds is 5. The topological polar surface area (TPSA) is 88.8 Å². The molecule has 27 heavy (non-hydrogen) atoms. The average Bonchev–Trinajstić information content (AvgIpc) is 3.06. The molecule has 1 aliphatic heterocycles. The number of ketones is 1. The van der Waals surface area contributed by atoms with Crippen molar-refractivity contribution in [2.75, 3.05) is 13.7 Å². The van der Waals surface area contributed by atoms with Crippen molar-refractivity contribution in [3.8, 4) is 5.75 Å². The molecule has 2 aromatic rings. The molecule has 1 aliphatic rings. The lowest BCUT2D eigenvalue weighted by molar-refractivity contribution is -0.130. The number of hydrogen-bond donors (Lipinski definition) is 1. The molecule has 0 spiro atoms. The minimum absolute atomic E-state index is 0.335. The SMILES string of the molecule is COc1ccc(C)cc1C(=O)CN1C(=O)NC(C)(c2cc(C)oc2C)C1=O. The highest BCUT2D eigenvalue weighted by atomic mass is 16.5. The number of Topliss-reactive ketones (excluding diaryl/α,β-unsaturated/α-hetero) is 1. The van der Waals surface area contributed by atoms with E-state index in [9.17, 15) is 14.4 Å². The number of nitrogens with one attached hydrogen (secondary N) is 1. The molecule has 7 heteroatoms. The summed E-state index contributed by atoms with van der Waals surface area (Å²) >= 11 is 0. The molecule has 1 aromatic heterocycles. The summed E-state index contributed by atoms with van der Waals surface area (Å²) in [5, 5.41) is 2.69. The van der Waals surface area contributed by atoms with Crippen LogP contribution in [0.5, 0.6) is 5.75 Å². The lowest BCUT2D eigenvalue weighted by atomic mass is 9.92. The Morgan fingerprint density at radius 3 is 2.52 bits per heavy atom. The van der Waals surface area contributed by atoms with Crippen LogP contribution in [0, 0.1) is 20.8 Å². The molecule has 1 aromatic carbocycles. The zero-order valence-electron chi connectivity index (χ0n) is 16.0. The van der Waals surface area contributed by atoms with Crippen LogP contribution in [-0.4, -0.2) is 36.3 Å². The van der Waals surface area contributed by atoms with Crippen molar-refractivity contribution < 1.29 is 23.5 Å². The van der Waals surface area contributed by atoms with Gasteiger partial charge in [-0.05, 0) is 45.9 Å². The number of urea groups is 1. The van der Waals surface area contributed by atoms with Crippen LogP contribution < -0.4 is 10.1 Å². The number of carbonyl (C=O) groups is 3. The maximum Gasteiger partial charge on any atom is 0.325 e. The highest BCUT2D eigenvalue weighted by molar-refractivity contribution is 6.11. The number of benzene rings is 1. The molecular weight excluding hydrogens is 348 g/mol. The summed E-state index contributed by atoms with van der Waals surface area (Å²) in [4.78, 5) is 39.2. The minimum atomic E-state index is -1.27. The first-order valence-corrected chi connectivity index (χ1v) is 8.57. The van der Waals surface area contributed by atoms with Crippen LogP contribution in [0.4, 0.5) is 4.79 Å². The van der Waals surface area contributed by atoms with Crippen molar-refractivity contribution in [2.24, 2.45) is 0 Å². The molecule has 0 saturated carbocycles. The number of hydrogen-bond acceptors (Lipinski definition) is 5. The number of ether oxygens (including phenoxy) is 1. The van der Waals surface area contributed by atoms with Crippen molar-refractivity contribution in [2.45, 2.75) is 33.2 Å². The summed E-state index contributed by atoms with van der Waals surface area (Å²) in [6, 6.07) is 6.31. The zero-order chi connectivity index (χ0) is 19.9. The van der Waals surface area contributed by atoms with Gasteiger partial charge >= 0.3 is 6.03 Å². The van der Waals surface area contributed by atoms with Gasteiger partial charge in [-0.1, -0.05) is 11.6 Å². The molecule has 2 heterocycles. The molecule has 0 radical (unpaired) electrons. The first kappa shape index (κ1) is 18.7. The van der Waals surface area contributed by atoms with Gasteiger partial charge in [0, 0.05) is 5.56 Å². The Morgan fingerprint density at radius 2 is 1.93 bits per heavy atom. The molecule has 142 valence electrons. The summed E-state index contributed by atoms with van der Waals surface area (Å²) < 4.78 is 10.7. The largest absolute Gasteiger partial charge is 0.496 e. The summed E-state index contributed by atoms with van der Waals surface area (Å²) in [6.45, 7) is 6.61. The minimum Gasteiger partial charge on any atom is -0.496 e. The fourth-order valence-corrected chi connectivity index (χ4v) is 3.42. The second-order valence-corrected chi connectivity index (χ2v) is 6.90. The quantitative estimate of drug-likeness (QED) is 0.646. The normalized spacial score (nSPS) is 19.4. The second-order valence-electron chi connectivity index (χ2n) is 6.90. The van der Waals surface area contributed by atoms with Gasteiger partial charge < -0.3 is 14.5 Å². The Balaban J connectivity index is 1.89. The lowest BCUT2D eigenvalue weighted by Gasteiger charge is -2.21. The Labute approximate surface area is 157 Å². The van der Waals surface area contributed by atoms with E-state index in [1.807, 2.05) is 13.0 Å².